The zero-order valence-corrected chi connectivity index (χ0v) is 18.7. The maximum Gasteiger partial charge on any atom is 0.512 e. The third-order valence-electron chi connectivity index (χ3n) is 6.71. The van der Waals surface area contributed by atoms with Crippen LogP contribution in [0.5, 0.6) is 0 Å². The van der Waals surface area contributed by atoms with Crippen LogP contribution in [0.4, 0.5) is 4.79 Å². The Bertz CT molecular complexity index is 805. The molecule has 4 aliphatic heterocycles. The Balaban J connectivity index is 1.46. The zero-order chi connectivity index (χ0) is 22.4. The van der Waals surface area contributed by atoms with E-state index in [1.165, 1.54) is 16.7 Å². The van der Waals surface area contributed by atoms with Crippen LogP contribution in [0.2, 0.25) is 0 Å². The molecule has 31 heavy (non-hydrogen) atoms. The molecule has 0 radical (unpaired) electrons. The number of piperazine rings is 1. The molecule has 0 aliphatic carbocycles. The molecule has 2 amide bonds. The Labute approximate surface area is 185 Å². The van der Waals surface area contributed by atoms with E-state index >= 15 is 0 Å². The number of aliphatic hydroxyl groups excluding tert-OH is 1. The minimum absolute atomic E-state index is 0.0517. The molecule has 3 saturated heterocycles. The van der Waals surface area contributed by atoms with Crippen molar-refractivity contribution in [2.24, 2.45) is 11.8 Å². The van der Waals surface area contributed by atoms with E-state index in [2.05, 4.69) is 10.6 Å². The highest BCUT2D eigenvalue weighted by molar-refractivity contribution is 8.03. The smallest absolute Gasteiger partial charge is 0.449 e. The molecule has 10 nitrogen and oxygen atoms in total. The fourth-order valence-electron chi connectivity index (χ4n) is 5.13. The van der Waals surface area contributed by atoms with Crippen LogP contribution in [0.15, 0.2) is 10.8 Å². The number of carboxylic acid groups (broad SMARTS) is 1. The molecule has 6 unspecified atom stereocenters. The summed E-state index contributed by atoms with van der Waals surface area (Å²) in [7, 11) is 0. The predicted octanol–water partition coefficient (Wildman–Crippen LogP) is -0.00840. The molecule has 4 heterocycles. The van der Waals surface area contributed by atoms with Gasteiger partial charge in [-0.05, 0) is 20.3 Å². The Kier molecular flexibility index (Phi) is 6.21. The number of rotatable bonds is 5. The number of amides is 2. The van der Waals surface area contributed by atoms with E-state index in [0.29, 0.717) is 24.4 Å². The number of carbonyl (C=O) groups excluding carboxylic acids is 2. The van der Waals surface area contributed by atoms with Crippen molar-refractivity contribution in [1.82, 2.24) is 20.4 Å². The van der Waals surface area contributed by atoms with Gasteiger partial charge in [-0.15, -0.1) is 11.8 Å². The van der Waals surface area contributed by atoms with Gasteiger partial charge in [0.1, 0.15) is 0 Å². The minimum Gasteiger partial charge on any atom is -0.449 e. The summed E-state index contributed by atoms with van der Waals surface area (Å²) in [5.41, 5.74) is 0. The highest BCUT2D eigenvalue weighted by atomic mass is 32.2. The number of β-lactam (4-membered cyclic amide) rings is 1. The van der Waals surface area contributed by atoms with Crippen LogP contribution in [-0.4, -0.2) is 93.6 Å². The fraction of sp³-hybridized carbons (Fsp3) is 0.750. The lowest BCUT2D eigenvalue weighted by Gasteiger charge is -2.45. The van der Waals surface area contributed by atoms with Crippen molar-refractivity contribution in [3.05, 3.63) is 10.8 Å². The molecule has 0 bridgehead atoms. The number of thioether (sulfide) groups is 1. The summed E-state index contributed by atoms with van der Waals surface area (Å²) in [6, 6.07) is -0.435. The van der Waals surface area contributed by atoms with Gasteiger partial charge < -0.3 is 30.5 Å². The van der Waals surface area contributed by atoms with Crippen LogP contribution in [0, 0.1) is 11.8 Å². The topological polar surface area (TPSA) is 131 Å². The second kappa shape index (κ2) is 8.61. The van der Waals surface area contributed by atoms with Crippen LogP contribution in [0.25, 0.3) is 0 Å². The molecule has 0 saturated carbocycles. The number of ether oxygens (including phenoxy) is 1. The quantitative estimate of drug-likeness (QED) is 0.335. The Hall–Kier alpha value is -1.82. The maximum atomic E-state index is 13.0. The van der Waals surface area contributed by atoms with Crippen molar-refractivity contribution in [2.45, 2.75) is 56.7 Å². The first-order valence-electron chi connectivity index (χ1n) is 10.8. The van der Waals surface area contributed by atoms with Gasteiger partial charge in [0.15, 0.2) is 0 Å². The van der Waals surface area contributed by atoms with Crippen molar-refractivity contribution in [2.75, 3.05) is 26.2 Å². The van der Waals surface area contributed by atoms with Gasteiger partial charge in [-0.2, -0.15) is 0 Å². The molecule has 0 aromatic rings. The number of carbonyl (C=O) groups is 3. The number of nitrogens with zero attached hydrogens (tertiary/aromatic N) is 2. The van der Waals surface area contributed by atoms with Crippen molar-refractivity contribution >= 4 is 29.7 Å². The van der Waals surface area contributed by atoms with Crippen LogP contribution in [0.1, 0.15) is 27.2 Å². The minimum atomic E-state index is -1.47. The van der Waals surface area contributed by atoms with Gasteiger partial charge in [0.2, 0.25) is 17.7 Å². The van der Waals surface area contributed by atoms with Crippen molar-refractivity contribution < 1.29 is 29.3 Å². The van der Waals surface area contributed by atoms with Crippen molar-refractivity contribution in [3.8, 4) is 0 Å². The third kappa shape index (κ3) is 3.92. The SMILES string of the molecule is CC(O)C1C(=O)N2C(OC(=O)O)=C(SC3CNC(C(=O)N4CCNCC4C)C3)C(C)[C@@H]12. The largest absolute Gasteiger partial charge is 0.512 e. The van der Waals surface area contributed by atoms with E-state index in [1.807, 2.05) is 18.7 Å². The molecule has 11 heteroatoms. The lowest BCUT2D eigenvalue weighted by Crippen LogP contribution is -2.63. The van der Waals surface area contributed by atoms with Crippen molar-refractivity contribution in [1.29, 1.82) is 0 Å². The Morgan fingerprint density at radius 2 is 2.03 bits per heavy atom. The fourth-order valence-corrected chi connectivity index (χ4v) is 6.55. The summed E-state index contributed by atoms with van der Waals surface area (Å²) in [6.07, 6.45) is -1.67. The van der Waals surface area contributed by atoms with E-state index in [4.69, 9.17) is 4.74 Å². The average molecular weight is 455 g/mol. The monoisotopic (exact) mass is 454 g/mol. The number of hydrogen-bond donors (Lipinski definition) is 4. The second-order valence-electron chi connectivity index (χ2n) is 8.81. The van der Waals surface area contributed by atoms with Gasteiger partial charge in [0.05, 0.1) is 29.0 Å². The average Bonchev–Trinajstić information content (AvgIpc) is 3.24. The van der Waals surface area contributed by atoms with Crippen LogP contribution < -0.4 is 10.6 Å². The highest BCUT2D eigenvalue weighted by Gasteiger charge is 2.60. The van der Waals surface area contributed by atoms with E-state index in [9.17, 15) is 24.6 Å². The number of aliphatic hydroxyl groups is 1. The van der Waals surface area contributed by atoms with Gasteiger partial charge in [-0.25, -0.2) is 4.79 Å². The normalized spacial score (nSPS) is 36.3. The molecule has 0 spiro atoms. The van der Waals surface area contributed by atoms with E-state index < -0.39 is 18.2 Å². The predicted molar refractivity (Wildman–Crippen MR) is 113 cm³/mol. The molecule has 3 fully saturated rings. The molecule has 4 aliphatic rings. The number of hydrogen-bond acceptors (Lipinski definition) is 8. The lowest BCUT2D eigenvalue weighted by molar-refractivity contribution is -0.163. The summed E-state index contributed by atoms with van der Waals surface area (Å²) < 4.78 is 5.02. The second-order valence-corrected chi connectivity index (χ2v) is 10.2. The summed E-state index contributed by atoms with van der Waals surface area (Å²) in [5.74, 6) is -0.877. The molecule has 4 N–H and O–H groups in total. The summed E-state index contributed by atoms with van der Waals surface area (Å²) >= 11 is 1.48. The lowest BCUT2D eigenvalue weighted by atomic mass is 9.79. The van der Waals surface area contributed by atoms with Gasteiger partial charge in [0, 0.05) is 43.4 Å². The van der Waals surface area contributed by atoms with Crippen molar-refractivity contribution in [3.63, 3.8) is 0 Å². The summed E-state index contributed by atoms with van der Waals surface area (Å²) in [6.45, 7) is 8.40. The molecule has 7 atom stereocenters. The first kappa shape index (κ1) is 22.4. The highest BCUT2D eigenvalue weighted by Crippen LogP contribution is 2.52. The summed E-state index contributed by atoms with van der Waals surface area (Å²) in [4.78, 5) is 40.8. The molecule has 0 aromatic heterocycles. The van der Waals surface area contributed by atoms with Crippen LogP contribution in [-0.2, 0) is 14.3 Å². The Morgan fingerprint density at radius 1 is 1.29 bits per heavy atom. The molecule has 0 aromatic carbocycles. The van der Waals surface area contributed by atoms with Gasteiger partial charge in [-0.1, -0.05) is 6.92 Å². The van der Waals surface area contributed by atoms with Crippen LogP contribution in [0.3, 0.4) is 0 Å². The third-order valence-corrected chi connectivity index (χ3v) is 8.21. The van der Waals surface area contributed by atoms with Gasteiger partial charge in [-0.3, -0.25) is 14.5 Å². The van der Waals surface area contributed by atoms with Gasteiger partial charge in [0.25, 0.3) is 0 Å². The first-order valence-corrected chi connectivity index (χ1v) is 11.7. The Morgan fingerprint density at radius 3 is 2.68 bits per heavy atom. The summed E-state index contributed by atoms with van der Waals surface area (Å²) in [5, 5.41) is 25.8. The van der Waals surface area contributed by atoms with E-state index in [1.54, 1.807) is 6.92 Å². The molecular formula is C20H30N4O6S. The van der Waals surface area contributed by atoms with Crippen LogP contribution >= 0.6 is 11.8 Å². The number of fused-ring (bicyclic) bond motifs is 1. The zero-order valence-electron chi connectivity index (χ0n) is 17.9. The molecule has 4 rings (SSSR count). The number of nitrogens with one attached hydrogen (secondary N) is 2. The van der Waals surface area contributed by atoms with E-state index in [0.717, 1.165) is 13.1 Å². The maximum absolute atomic E-state index is 13.0. The van der Waals surface area contributed by atoms with Gasteiger partial charge >= 0.3 is 6.16 Å². The molecular weight excluding hydrogens is 424 g/mol. The first-order chi connectivity index (χ1) is 14.7. The standard InChI is InChI=1S/C20H30N4O6S/c1-9-7-21-4-5-23(9)17(26)13-6-12(8-22-13)31-16-10(2)15-14(11(3)25)18(27)24(15)19(16)30-20(28)29/h9-15,21-22,25H,4-8H2,1-3H3,(H,28,29)/t9?,10?,11?,12?,13?,14?,15-/m0/s1. The molecule has 172 valence electrons. The van der Waals surface area contributed by atoms with E-state index in [-0.39, 0.29) is 47.0 Å².